The molecule has 3 rings (SSSR count). The zero-order valence-corrected chi connectivity index (χ0v) is 9.63. The van der Waals surface area contributed by atoms with Crippen LogP contribution in [0.15, 0.2) is 23.0 Å². The van der Waals surface area contributed by atoms with Gasteiger partial charge in [0, 0.05) is 22.7 Å². The normalized spacial score (nSPS) is 16.3. The van der Waals surface area contributed by atoms with Crippen molar-refractivity contribution in [1.29, 1.82) is 0 Å². The van der Waals surface area contributed by atoms with Crippen LogP contribution >= 0.6 is 11.6 Å². The van der Waals surface area contributed by atoms with Gasteiger partial charge >= 0.3 is 0 Å². The zero-order chi connectivity index (χ0) is 11.0. The molecule has 4 heteroatoms. The van der Waals surface area contributed by atoms with Gasteiger partial charge in [0.25, 0.3) is 0 Å². The SMILES string of the molecule is ClCc1c(-c2ccoc2)n[nH]c1C1CCC1. The lowest BCUT2D eigenvalue weighted by Crippen LogP contribution is -2.10. The van der Waals surface area contributed by atoms with Crippen LogP contribution in [0.4, 0.5) is 0 Å². The highest BCUT2D eigenvalue weighted by atomic mass is 35.5. The first-order chi connectivity index (χ1) is 7.90. The quantitative estimate of drug-likeness (QED) is 0.826. The number of hydrogen-bond acceptors (Lipinski definition) is 2. The van der Waals surface area contributed by atoms with Crippen molar-refractivity contribution in [1.82, 2.24) is 10.2 Å². The Morgan fingerprint density at radius 2 is 2.38 bits per heavy atom. The van der Waals surface area contributed by atoms with E-state index in [1.165, 1.54) is 25.0 Å². The summed E-state index contributed by atoms with van der Waals surface area (Å²) in [6.45, 7) is 0. The number of rotatable bonds is 3. The van der Waals surface area contributed by atoms with Gasteiger partial charge in [-0.05, 0) is 18.9 Å². The molecule has 2 aromatic heterocycles. The Balaban J connectivity index is 2.02. The molecule has 16 heavy (non-hydrogen) atoms. The fraction of sp³-hybridized carbons (Fsp3) is 0.417. The Bertz CT molecular complexity index is 471. The number of aromatic amines is 1. The van der Waals surface area contributed by atoms with E-state index in [4.69, 9.17) is 16.0 Å². The summed E-state index contributed by atoms with van der Waals surface area (Å²) >= 11 is 6.03. The predicted molar refractivity (Wildman–Crippen MR) is 62.4 cm³/mol. The Morgan fingerprint density at radius 3 is 2.94 bits per heavy atom. The average Bonchev–Trinajstić information content (AvgIpc) is 2.81. The molecule has 0 aromatic carbocycles. The van der Waals surface area contributed by atoms with Crippen LogP contribution in [0.5, 0.6) is 0 Å². The highest BCUT2D eigenvalue weighted by molar-refractivity contribution is 6.17. The van der Waals surface area contributed by atoms with Gasteiger partial charge in [0.15, 0.2) is 0 Å². The molecule has 1 aliphatic carbocycles. The minimum atomic E-state index is 0.503. The van der Waals surface area contributed by atoms with Crippen LogP contribution in [0.3, 0.4) is 0 Å². The molecular weight excluding hydrogens is 224 g/mol. The molecule has 1 aliphatic rings. The van der Waals surface area contributed by atoms with Gasteiger partial charge in [0.05, 0.1) is 24.1 Å². The van der Waals surface area contributed by atoms with Crippen molar-refractivity contribution < 1.29 is 4.42 Å². The molecule has 84 valence electrons. The highest BCUT2D eigenvalue weighted by Crippen LogP contribution is 2.39. The van der Waals surface area contributed by atoms with Gasteiger partial charge in [0.1, 0.15) is 0 Å². The number of aromatic nitrogens is 2. The van der Waals surface area contributed by atoms with Crippen molar-refractivity contribution in [2.75, 3.05) is 0 Å². The number of nitrogens with zero attached hydrogens (tertiary/aromatic N) is 1. The highest BCUT2D eigenvalue weighted by Gasteiger charge is 2.26. The fourth-order valence-corrected chi connectivity index (χ4v) is 2.46. The number of nitrogens with one attached hydrogen (secondary N) is 1. The van der Waals surface area contributed by atoms with Crippen LogP contribution in [0.1, 0.15) is 36.4 Å². The maximum absolute atomic E-state index is 6.03. The van der Waals surface area contributed by atoms with Crippen LogP contribution in [0.2, 0.25) is 0 Å². The van der Waals surface area contributed by atoms with Gasteiger partial charge in [-0.15, -0.1) is 11.6 Å². The number of hydrogen-bond donors (Lipinski definition) is 1. The predicted octanol–water partition coefficient (Wildman–Crippen LogP) is 3.68. The minimum absolute atomic E-state index is 0.503. The van der Waals surface area contributed by atoms with Gasteiger partial charge in [-0.3, -0.25) is 5.10 Å². The van der Waals surface area contributed by atoms with Crippen LogP contribution in [0.25, 0.3) is 11.3 Å². The van der Waals surface area contributed by atoms with Gasteiger partial charge in [0.2, 0.25) is 0 Å². The van der Waals surface area contributed by atoms with E-state index in [-0.39, 0.29) is 0 Å². The summed E-state index contributed by atoms with van der Waals surface area (Å²) in [5, 5.41) is 7.50. The second-order valence-electron chi connectivity index (χ2n) is 4.24. The summed E-state index contributed by atoms with van der Waals surface area (Å²) in [6, 6.07) is 1.91. The molecule has 3 nitrogen and oxygen atoms in total. The van der Waals surface area contributed by atoms with Crippen molar-refractivity contribution in [3.05, 3.63) is 29.9 Å². The molecule has 0 atom stereocenters. The molecule has 0 spiro atoms. The molecule has 1 saturated carbocycles. The van der Waals surface area contributed by atoms with E-state index in [1.807, 2.05) is 6.07 Å². The van der Waals surface area contributed by atoms with Crippen molar-refractivity contribution in [2.24, 2.45) is 0 Å². The minimum Gasteiger partial charge on any atom is -0.472 e. The summed E-state index contributed by atoms with van der Waals surface area (Å²) in [7, 11) is 0. The molecule has 2 heterocycles. The maximum Gasteiger partial charge on any atom is 0.0999 e. The molecule has 0 radical (unpaired) electrons. The third-order valence-electron chi connectivity index (χ3n) is 3.34. The van der Waals surface area contributed by atoms with E-state index in [2.05, 4.69) is 10.2 Å². The zero-order valence-electron chi connectivity index (χ0n) is 8.87. The third kappa shape index (κ3) is 1.47. The van der Waals surface area contributed by atoms with Gasteiger partial charge in [-0.25, -0.2) is 0 Å². The van der Waals surface area contributed by atoms with Crippen molar-refractivity contribution >= 4 is 11.6 Å². The number of alkyl halides is 1. The lowest BCUT2D eigenvalue weighted by atomic mass is 9.81. The van der Waals surface area contributed by atoms with Crippen LogP contribution in [-0.2, 0) is 5.88 Å². The van der Waals surface area contributed by atoms with Crippen molar-refractivity contribution in [2.45, 2.75) is 31.1 Å². The Labute approximate surface area is 98.8 Å². The molecule has 0 bridgehead atoms. The monoisotopic (exact) mass is 236 g/mol. The van der Waals surface area contributed by atoms with E-state index in [0.717, 1.165) is 16.8 Å². The average molecular weight is 237 g/mol. The van der Waals surface area contributed by atoms with Crippen LogP contribution < -0.4 is 0 Å². The largest absolute Gasteiger partial charge is 0.472 e. The fourth-order valence-electron chi connectivity index (χ4n) is 2.19. The summed E-state index contributed by atoms with van der Waals surface area (Å²) in [5.41, 5.74) is 4.29. The van der Waals surface area contributed by atoms with Crippen LogP contribution in [0, 0.1) is 0 Å². The number of furan rings is 1. The maximum atomic E-state index is 6.03. The Hall–Kier alpha value is -1.22. The smallest absolute Gasteiger partial charge is 0.0999 e. The number of halogens is 1. The molecular formula is C12H13ClN2O. The van der Waals surface area contributed by atoms with E-state index >= 15 is 0 Å². The lowest BCUT2D eigenvalue weighted by molar-refractivity contribution is 0.409. The molecule has 1 fully saturated rings. The second kappa shape index (κ2) is 3.98. The van der Waals surface area contributed by atoms with Gasteiger partial charge < -0.3 is 4.42 Å². The van der Waals surface area contributed by atoms with Gasteiger partial charge in [-0.1, -0.05) is 6.42 Å². The third-order valence-corrected chi connectivity index (χ3v) is 3.61. The molecule has 0 saturated heterocycles. The van der Waals surface area contributed by atoms with E-state index in [0.29, 0.717) is 11.8 Å². The standard InChI is InChI=1S/C12H13ClN2O/c13-6-10-11(8-2-1-3-8)14-15-12(10)9-4-5-16-7-9/h4-5,7-8H,1-3,6H2,(H,14,15). The Kier molecular flexibility index (Phi) is 2.48. The van der Waals surface area contributed by atoms with Gasteiger partial charge in [-0.2, -0.15) is 5.10 Å². The first-order valence-electron chi connectivity index (χ1n) is 5.56. The van der Waals surface area contributed by atoms with Crippen molar-refractivity contribution in [3.8, 4) is 11.3 Å². The second-order valence-corrected chi connectivity index (χ2v) is 4.51. The first-order valence-corrected chi connectivity index (χ1v) is 6.09. The molecule has 0 aliphatic heterocycles. The van der Waals surface area contributed by atoms with E-state index in [1.54, 1.807) is 12.5 Å². The van der Waals surface area contributed by atoms with Crippen LogP contribution in [-0.4, -0.2) is 10.2 Å². The summed E-state index contributed by atoms with van der Waals surface area (Å²) in [5.74, 6) is 1.13. The Morgan fingerprint density at radius 1 is 1.50 bits per heavy atom. The first kappa shape index (κ1) is 9.97. The van der Waals surface area contributed by atoms with E-state index < -0.39 is 0 Å². The lowest BCUT2D eigenvalue weighted by Gasteiger charge is -2.24. The summed E-state index contributed by atoms with van der Waals surface area (Å²) < 4.78 is 5.08. The molecule has 2 aromatic rings. The molecule has 1 N–H and O–H groups in total. The van der Waals surface area contributed by atoms with Crippen molar-refractivity contribution in [3.63, 3.8) is 0 Å². The van der Waals surface area contributed by atoms with E-state index in [9.17, 15) is 0 Å². The topological polar surface area (TPSA) is 41.8 Å². The number of H-pyrrole nitrogens is 1. The molecule has 0 amide bonds. The molecule has 0 unspecified atom stereocenters. The summed E-state index contributed by atoms with van der Waals surface area (Å²) in [4.78, 5) is 0. The summed E-state index contributed by atoms with van der Waals surface area (Å²) in [6.07, 6.45) is 7.17.